The van der Waals surface area contributed by atoms with Crippen molar-refractivity contribution >= 4 is 33.5 Å². The van der Waals surface area contributed by atoms with Crippen LogP contribution in [0.4, 0.5) is 0 Å². The van der Waals surface area contributed by atoms with Crippen LogP contribution in [-0.4, -0.2) is 31.7 Å². The number of aromatic nitrogens is 2. The molecule has 0 aliphatic carbocycles. The maximum Gasteiger partial charge on any atom is 0.371 e. The molecule has 0 bridgehead atoms. The summed E-state index contributed by atoms with van der Waals surface area (Å²) >= 11 is 0.814. The molecule has 10 heteroatoms. The average Bonchev–Trinajstić information content (AvgIpc) is 3.08. The number of nitrogens with one attached hydrogen (secondary N) is 1. The largest absolute Gasteiger partial charge is 0.477 e. The van der Waals surface area contributed by atoms with E-state index in [1.807, 2.05) is 0 Å². The molecule has 0 saturated heterocycles. The molecule has 124 valence electrons. The van der Waals surface area contributed by atoms with Crippen molar-refractivity contribution in [3.63, 3.8) is 0 Å². The van der Waals surface area contributed by atoms with Gasteiger partial charge in [0.25, 0.3) is 5.56 Å². The summed E-state index contributed by atoms with van der Waals surface area (Å²) in [6.45, 7) is 1.22. The quantitative estimate of drug-likeness (QED) is 0.639. The number of fused-ring (bicyclic) bond motifs is 1. The van der Waals surface area contributed by atoms with Crippen LogP contribution in [0.3, 0.4) is 0 Å². The fourth-order valence-electron chi connectivity index (χ4n) is 2.33. The van der Waals surface area contributed by atoms with Gasteiger partial charge >= 0.3 is 17.6 Å². The molecular formula is C14H10N2O7S. The van der Waals surface area contributed by atoms with Crippen LogP contribution in [0.25, 0.3) is 10.2 Å². The summed E-state index contributed by atoms with van der Waals surface area (Å²) in [7, 11) is 0. The lowest BCUT2D eigenvalue weighted by Crippen LogP contribution is -2.35. The summed E-state index contributed by atoms with van der Waals surface area (Å²) in [5.41, 5.74) is -1.13. The molecule has 0 atom stereocenters. The molecule has 0 unspecified atom stereocenters. The van der Waals surface area contributed by atoms with Crippen LogP contribution in [0, 0.1) is 6.92 Å². The number of H-pyrrole nitrogens is 1. The van der Waals surface area contributed by atoms with Crippen LogP contribution < -0.4 is 11.2 Å². The number of hydrogen-bond donors (Lipinski definition) is 3. The number of carboxylic acid groups (broad SMARTS) is 2. The predicted molar refractivity (Wildman–Crippen MR) is 83.2 cm³/mol. The maximum absolute atomic E-state index is 12.5. The Bertz CT molecular complexity index is 1100. The van der Waals surface area contributed by atoms with E-state index in [1.54, 1.807) is 0 Å². The minimum Gasteiger partial charge on any atom is -0.477 e. The Morgan fingerprint density at radius 1 is 1.25 bits per heavy atom. The number of carboxylic acids is 2. The first-order valence-electron chi connectivity index (χ1n) is 6.61. The van der Waals surface area contributed by atoms with Crippen molar-refractivity contribution in [2.45, 2.75) is 13.5 Å². The van der Waals surface area contributed by atoms with Gasteiger partial charge in [-0.1, -0.05) is 0 Å². The highest BCUT2D eigenvalue weighted by atomic mass is 32.1. The molecule has 0 saturated carbocycles. The van der Waals surface area contributed by atoms with Gasteiger partial charge in [-0.2, -0.15) is 0 Å². The van der Waals surface area contributed by atoms with Crippen molar-refractivity contribution in [3.05, 3.63) is 54.9 Å². The average molecular weight is 350 g/mol. The van der Waals surface area contributed by atoms with Crippen LogP contribution >= 0.6 is 11.3 Å². The number of rotatable bonds is 4. The Morgan fingerprint density at radius 3 is 2.54 bits per heavy atom. The van der Waals surface area contributed by atoms with Gasteiger partial charge in [-0.15, -0.1) is 11.3 Å². The van der Waals surface area contributed by atoms with Gasteiger partial charge < -0.3 is 14.6 Å². The molecule has 3 aromatic heterocycles. The van der Waals surface area contributed by atoms with Crippen LogP contribution in [0.15, 0.2) is 26.1 Å². The topological polar surface area (TPSA) is 143 Å². The second-order valence-corrected chi connectivity index (χ2v) is 5.98. The Kier molecular flexibility index (Phi) is 3.60. The van der Waals surface area contributed by atoms with Gasteiger partial charge in [0.2, 0.25) is 5.76 Å². The van der Waals surface area contributed by atoms with Gasteiger partial charge in [0, 0.05) is 0 Å². The van der Waals surface area contributed by atoms with E-state index in [0.717, 1.165) is 15.9 Å². The summed E-state index contributed by atoms with van der Waals surface area (Å²) in [5, 5.41) is 18.1. The molecule has 3 heterocycles. The highest BCUT2D eigenvalue weighted by Gasteiger charge is 2.20. The van der Waals surface area contributed by atoms with E-state index in [9.17, 15) is 19.2 Å². The van der Waals surface area contributed by atoms with E-state index in [2.05, 4.69) is 4.98 Å². The van der Waals surface area contributed by atoms with E-state index in [0.29, 0.717) is 0 Å². The lowest BCUT2D eigenvalue weighted by molar-refractivity contribution is 0.0657. The molecule has 0 fully saturated rings. The molecule has 0 radical (unpaired) electrons. The Balaban J connectivity index is 2.16. The Labute approximate surface area is 136 Å². The lowest BCUT2D eigenvalue weighted by Gasteiger charge is -2.02. The maximum atomic E-state index is 12.5. The predicted octanol–water partition coefficient (Wildman–Crippen LogP) is 1.10. The molecule has 0 amide bonds. The third-order valence-corrected chi connectivity index (χ3v) is 4.65. The number of nitrogens with zero attached hydrogens (tertiary/aromatic N) is 1. The number of hydrogen-bond acceptors (Lipinski definition) is 6. The Hall–Kier alpha value is -3.14. The molecule has 3 aromatic rings. The fourth-order valence-corrected chi connectivity index (χ4v) is 3.36. The molecule has 3 N–H and O–H groups in total. The number of aromatic amines is 1. The van der Waals surface area contributed by atoms with Crippen molar-refractivity contribution in [2.75, 3.05) is 0 Å². The van der Waals surface area contributed by atoms with Gasteiger partial charge in [0.05, 0.1) is 11.9 Å². The van der Waals surface area contributed by atoms with Crippen molar-refractivity contribution in [1.82, 2.24) is 9.55 Å². The highest BCUT2D eigenvalue weighted by Crippen LogP contribution is 2.26. The van der Waals surface area contributed by atoms with Gasteiger partial charge in [-0.3, -0.25) is 14.3 Å². The van der Waals surface area contributed by atoms with Gasteiger partial charge in [0.15, 0.2) is 0 Å². The van der Waals surface area contributed by atoms with Crippen molar-refractivity contribution in [3.8, 4) is 0 Å². The normalized spacial score (nSPS) is 11.0. The van der Waals surface area contributed by atoms with Crippen LogP contribution in [0.5, 0.6) is 0 Å². The molecular weight excluding hydrogens is 340 g/mol. The smallest absolute Gasteiger partial charge is 0.371 e. The highest BCUT2D eigenvalue weighted by molar-refractivity contribution is 7.20. The number of carbonyl (C=O) groups is 2. The zero-order valence-electron chi connectivity index (χ0n) is 12.2. The first-order valence-corrected chi connectivity index (χ1v) is 7.42. The number of aromatic carboxylic acids is 2. The summed E-state index contributed by atoms with van der Waals surface area (Å²) in [6.07, 6.45) is 0. The number of furan rings is 1. The summed E-state index contributed by atoms with van der Waals surface area (Å²) < 4.78 is 5.87. The third-order valence-electron chi connectivity index (χ3n) is 3.45. The third kappa shape index (κ3) is 2.42. The zero-order valence-corrected chi connectivity index (χ0v) is 13.0. The van der Waals surface area contributed by atoms with E-state index >= 15 is 0 Å². The fraction of sp³-hybridized carbons (Fsp3) is 0.143. The first kappa shape index (κ1) is 15.7. The van der Waals surface area contributed by atoms with Gasteiger partial charge in [0.1, 0.15) is 15.5 Å². The monoisotopic (exact) mass is 350 g/mol. The minimum atomic E-state index is -1.27. The standard InChI is InChI=1S/C14H10N2O7S/c1-5-8-10(24-9(5)13(20)21)15-14(22)16(11(8)17)4-6-2-3-7(23-6)12(18)19/h2-3H,4H2,1H3,(H,15,22)(H,18,19)(H,20,21). The second kappa shape index (κ2) is 5.49. The first-order chi connectivity index (χ1) is 11.3. The molecule has 9 nitrogen and oxygen atoms in total. The molecule has 0 aromatic carbocycles. The molecule has 0 aliphatic heterocycles. The van der Waals surface area contributed by atoms with Crippen LogP contribution in [0.2, 0.25) is 0 Å². The molecule has 0 aliphatic rings. The van der Waals surface area contributed by atoms with Crippen molar-refractivity contribution in [2.24, 2.45) is 0 Å². The van der Waals surface area contributed by atoms with Gasteiger partial charge in [-0.05, 0) is 24.6 Å². The minimum absolute atomic E-state index is 0.0262. The lowest BCUT2D eigenvalue weighted by atomic mass is 10.2. The molecule has 24 heavy (non-hydrogen) atoms. The summed E-state index contributed by atoms with van der Waals surface area (Å²) in [5.74, 6) is -2.64. The van der Waals surface area contributed by atoms with E-state index < -0.39 is 23.2 Å². The van der Waals surface area contributed by atoms with E-state index in [1.165, 1.54) is 19.1 Å². The van der Waals surface area contributed by atoms with Crippen molar-refractivity contribution in [1.29, 1.82) is 0 Å². The molecule has 3 rings (SSSR count). The summed E-state index contributed by atoms with van der Waals surface area (Å²) in [6, 6.07) is 2.57. The number of thiophene rings is 1. The van der Waals surface area contributed by atoms with E-state index in [4.69, 9.17) is 14.6 Å². The summed E-state index contributed by atoms with van der Waals surface area (Å²) in [4.78, 5) is 49.2. The van der Waals surface area contributed by atoms with Crippen molar-refractivity contribution < 1.29 is 24.2 Å². The zero-order chi connectivity index (χ0) is 17.6. The van der Waals surface area contributed by atoms with Crippen LogP contribution in [0.1, 0.15) is 31.6 Å². The number of aryl methyl sites for hydroxylation is 1. The second-order valence-electron chi connectivity index (χ2n) is 4.96. The Morgan fingerprint density at radius 2 is 1.96 bits per heavy atom. The van der Waals surface area contributed by atoms with E-state index in [-0.39, 0.29) is 38.7 Å². The molecule has 0 spiro atoms. The van der Waals surface area contributed by atoms with Crippen LogP contribution in [-0.2, 0) is 6.54 Å². The SMILES string of the molecule is Cc1c(C(=O)O)sc2[nH]c(=O)n(Cc3ccc(C(=O)O)o3)c(=O)c12. The van der Waals surface area contributed by atoms with Gasteiger partial charge in [-0.25, -0.2) is 14.4 Å².